The van der Waals surface area contributed by atoms with Crippen LogP contribution in [0, 0.1) is 0 Å². The molecule has 2 heterocycles. The van der Waals surface area contributed by atoms with Gasteiger partial charge >= 0.3 is 0 Å². The summed E-state index contributed by atoms with van der Waals surface area (Å²) >= 11 is 6.01. The van der Waals surface area contributed by atoms with Crippen LogP contribution >= 0.6 is 11.6 Å². The summed E-state index contributed by atoms with van der Waals surface area (Å²) in [6, 6.07) is 16.4. The van der Waals surface area contributed by atoms with Gasteiger partial charge in [0.15, 0.2) is 0 Å². The zero-order chi connectivity index (χ0) is 20.9. The Morgan fingerprint density at radius 2 is 1.60 bits per heavy atom. The predicted molar refractivity (Wildman–Crippen MR) is 117 cm³/mol. The number of benzene rings is 2. The van der Waals surface area contributed by atoms with Crippen LogP contribution in [-0.4, -0.2) is 61.0 Å². The number of nitrogens with one attached hydrogen (secondary N) is 1. The van der Waals surface area contributed by atoms with Crippen molar-refractivity contribution in [3.63, 3.8) is 0 Å². The van der Waals surface area contributed by atoms with E-state index in [1.54, 1.807) is 24.3 Å². The second-order valence-corrected chi connectivity index (χ2v) is 7.75. The second kappa shape index (κ2) is 9.43. The van der Waals surface area contributed by atoms with Gasteiger partial charge in [-0.3, -0.25) is 19.4 Å². The lowest BCUT2D eigenvalue weighted by molar-refractivity contribution is -0.136. The summed E-state index contributed by atoms with van der Waals surface area (Å²) in [5.74, 6) is -0.571. The Kier molecular flexibility index (Phi) is 6.47. The van der Waals surface area contributed by atoms with Gasteiger partial charge in [0, 0.05) is 36.9 Å². The largest absolute Gasteiger partial charge is 0.379 e. The average molecular weight is 426 g/mol. The lowest BCUT2D eigenvalue weighted by atomic mass is 10.0. The summed E-state index contributed by atoms with van der Waals surface area (Å²) in [5.41, 5.74) is 2.12. The summed E-state index contributed by atoms with van der Waals surface area (Å²) in [7, 11) is 0. The Bertz CT molecular complexity index is 938. The van der Waals surface area contributed by atoms with Crippen molar-refractivity contribution in [1.82, 2.24) is 9.80 Å². The molecule has 1 N–H and O–H groups in total. The summed E-state index contributed by atoms with van der Waals surface area (Å²) in [6.45, 7) is 4.45. The molecule has 0 spiro atoms. The number of imide groups is 1. The zero-order valence-electron chi connectivity index (χ0n) is 16.6. The third-order valence-corrected chi connectivity index (χ3v) is 5.56. The number of nitrogens with zero attached hydrogens (tertiary/aromatic N) is 2. The molecule has 1 fully saturated rings. The molecule has 2 aliphatic heterocycles. The van der Waals surface area contributed by atoms with Crippen molar-refractivity contribution in [2.45, 2.75) is 6.42 Å². The van der Waals surface area contributed by atoms with E-state index in [4.69, 9.17) is 16.3 Å². The standard InChI is InChI=1S/C23H24ClN3O3/c24-18-9-7-17(8-10-18)20-21(25-19-5-2-1-3-6-19)23(29)27(22(20)28)12-4-11-26-13-15-30-16-14-26/h1-3,5-10,25H,4,11-16H2. The van der Waals surface area contributed by atoms with Crippen LogP contribution < -0.4 is 5.32 Å². The molecule has 30 heavy (non-hydrogen) atoms. The number of morpholine rings is 1. The van der Waals surface area contributed by atoms with Crippen LogP contribution in [0.25, 0.3) is 5.57 Å². The number of amides is 2. The smallest absolute Gasteiger partial charge is 0.278 e. The highest BCUT2D eigenvalue weighted by Gasteiger charge is 2.38. The molecule has 0 aliphatic carbocycles. The Hall–Kier alpha value is -2.67. The van der Waals surface area contributed by atoms with Crippen LogP contribution in [0.4, 0.5) is 5.69 Å². The van der Waals surface area contributed by atoms with Crippen molar-refractivity contribution in [3.05, 3.63) is 70.9 Å². The van der Waals surface area contributed by atoms with E-state index in [1.807, 2.05) is 30.3 Å². The van der Waals surface area contributed by atoms with Gasteiger partial charge in [-0.15, -0.1) is 0 Å². The van der Waals surface area contributed by atoms with Gasteiger partial charge < -0.3 is 10.1 Å². The summed E-state index contributed by atoms with van der Waals surface area (Å²) in [6.07, 6.45) is 0.726. The van der Waals surface area contributed by atoms with Crippen molar-refractivity contribution in [3.8, 4) is 0 Å². The molecule has 2 aliphatic rings. The van der Waals surface area contributed by atoms with Crippen LogP contribution in [0.3, 0.4) is 0 Å². The first-order valence-electron chi connectivity index (χ1n) is 10.1. The maximum absolute atomic E-state index is 13.2. The third-order valence-electron chi connectivity index (χ3n) is 5.30. The van der Waals surface area contributed by atoms with E-state index in [0.29, 0.717) is 28.4 Å². The lowest BCUT2D eigenvalue weighted by Crippen LogP contribution is -2.39. The van der Waals surface area contributed by atoms with Gasteiger partial charge in [-0.25, -0.2) is 0 Å². The number of ether oxygens (including phenoxy) is 1. The van der Waals surface area contributed by atoms with Crippen LogP contribution in [-0.2, 0) is 14.3 Å². The highest BCUT2D eigenvalue weighted by Crippen LogP contribution is 2.31. The minimum Gasteiger partial charge on any atom is -0.379 e. The molecule has 2 aromatic carbocycles. The van der Waals surface area contributed by atoms with Crippen molar-refractivity contribution in [2.24, 2.45) is 0 Å². The number of hydrogen-bond donors (Lipinski definition) is 1. The van der Waals surface area contributed by atoms with Crippen molar-refractivity contribution in [1.29, 1.82) is 0 Å². The lowest BCUT2D eigenvalue weighted by Gasteiger charge is -2.27. The van der Waals surface area contributed by atoms with E-state index in [-0.39, 0.29) is 11.8 Å². The van der Waals surface area contributed by atoms with Gasteiger partial charge in [-0.1, -0.05) is 41.9 Å². The van der Waals surface area contributed by atoms with Crippen LogP contribution in [0.5, 0.6) is 0 Å². The summed E-state index contributed by atoms with van der Waals surface area (Å²) in [4.78, 5) is 30.0. The normalized spacial score (nSPS) is 17.7. The molecule has 0 bridgehead atoms. The Balaban J connectivity index is 1.54. The van der Waals surface area contributed by atoms with Gasteiger partial charge in [0.05, 0.1) is 18.8 Å². The van der Waals surface area contributed by atoms with Gasteiger partial charge in [0.1, 0.15) is 5.70 Å². The van der Waals surface area contributed by atoms with Gasteiger partial charge in [0.25, 0.3) is 11.8 Å². The summed E-state index contributed by atoms with van der Waals surface area (Å²) in [5, 5.41) is 3.74. The molecule has 6 nitrogen and oxygen atoms in total. The van der Waals surface area contributed by atoms with E-state index < -0.39 is 0 Å². The molecule has 2 amide bonds. The van der Waals surface area contributed by atoms with E-state index in [0.717, 1.165) is 45.0 Å². The molecule has 0 saturated carbocycles. The van der Waals surface area contributed by atoms with E-state index in [2.05, 4.69) is 10.2 Å². The van der Waals surface area contributed by atoms with Crippen molar-refractivity contribution in [2.75, 3.05) is 44.7 Å². The topological polar surface area (TPSA) is 61.9 Å². The van der Waals surface area contributed by atoms with Gasteiger partial charge in [-0.2, -0.15) is 0 Å². The molecule has 4 rings (SSSR count). The minimum absolute atomic E-state index is 0.275. The number of carbonyl (C=O) groups is 2. The van der Waals surface area contributed by atoms with Crippen LogP contribution in [0.15, 0.2) is 60.3 Å². The van der Waals surface area contributed by atoms with Crippen LogP contribution in [0.2, 0.25) is 5.02 Å². The Morgan fingerprint density at radius 3 is 2.30 bits per heavy atom. The molecule has 0 radical (unpaired) electrons. The van der Waals surface area contributed by atoms with Gasteiger partial charge in [0.2, 0.25) is 0 Å². The number of para-hydroxylation sites is 1. The number of halogens is 1. The number of hydrogen-bond acceptors (Lipinski definition) is 5. The molecule has 0 aromatic heterocycles. The summed E-state index contributed by atoms with van der Waals surface area (Å²) < 4.78 is 5.37. The van der Waals surface area contributed by atoms with E-state index in [9.17, 15) is 9.59 Å². The minimum atomic E-state index is -0.296. The van der Waals surface area contributed by atoms with Crippen molar-refractivity contribution < 1.29 is 14.3 Å². The van der Waals surface area contributed by atoms with Crippen molar-refractivity contribution >= 4 is 34.7 Å². The maximum atomic E-state index is 13.2. The highest BCUT2D eigenvalue weighted by atomic mass is 35.5. The SMILES string of the molecule is O=C1C(Nc2ccccc2)=C(c2ccc(Cl)cc2)C(=O)N1CCCN1CCOCC1. The monoisotopic (exact) mass is 425 g/mol. The number of carbonyl (C=O) groups excluding carboxylic acids is 2. The Labute approximate surface area is 181 Å². The fraction of sp³-hybridized carbons (Fsp3) is 0.304. The Morgan fingerprint density at radius 1 is 0.900 bits per heavy atom. The molecule has 2 aromatic rings. The highest BCUT2D eigenvalue weighted by molar-refractivity contribution is 6.36. The number of anilines is 1. The van der Waals surface area contributed by atoms with E-state index >= 15 is 0 Å². The molecular formula is C23H24ClN3O3. The molecule has 1 saturated heterocycles. The number of rotatable bonds is 7. The average Bonchev–Trinajstić information content (AvgIpc) is 3.00. The fourth-order valence-corrected chi connectivity index (χ4v) is 3.85. The molecule has 0 unspecified atom stereocenters. The molecular weight excluding hydrogens is 402 g/mol. The fourth-order valence-electron chi connectivity index (χ4n) is 3.72. The van der Waals surface area contributed by atoms with Crippen LogP contribution in [0.1, 0.15) is 12.0 Å². The molecule has 156 valence electrons. The first-order valence-corrected chi connectivity index (χ1v) is 10.5. The van der Waals surface area contributed by atoms with E-state index in [1.165, 1.54) is 4.90 Å². The molecule has 7 heteroatoms. The first-order chi connectivity index (χ1) is 14.6. The first kappa shape index (κ1) is 20.6. The van der Waals surface area contributed by atoms with Gasteiger partial charge in [-0.05, 0) is 36.2 Å². The zero-order valence-corrected chi connectivity index (χ0v) is 17.4. The maximum Gasteiger partial charge on any atom is 0.278 e. The third kappa shape index (κ3) is 4.56. The molecule has 0 atom stereocenters. The second-order valence-electron chi connectivity index (χ2n) is 7.32. The predicted octanol–water partition coefficient (Wildman–Crippen LogP) is 3.25. The quantitative estimate of drug-likeness (QED) is 0.690.